The fourth-order valence-corrected chi connectivity index (χ4v) is 12.6. The minimum Gasteiger partial charge on any atom is -0.353 e. The molecule has 0 radical (unpaired) electrons. The SMILES string of the molecule is CC(CCC[C@@H](C)[C@H]1CC[C@H]2[C@@H]3CC=C4C[C@@H](OC5CCCCO5)CC[C@]4(C)[C@H]3CC[C@]12C)CS(=O)(=O)c1ccccc1. The molecule has 0 N–H and O–H groups in total. The zero-order valence-electron chi connectivity index (χ0n) is 27.4. The zero-order chi connectivity index (χ0) is 30.2. The highest BCUT2D eigenvalue weighted by Crippen LogP contribution is 2.67. The molecule has 43 heavy (non-hydrogen) atoms. The molecule has 5 heteroatoms. The Morgan fingerprint density at radius 3 is 2.53 bits per heavy atom. The molecule has 0 aromatic heterocycles. The topological polar surface area (TPSA) is 52.6 Å². The minimum atomic E-state index is -3.20. The first-order chi connectivity index (χ1) is 20.6. The van der Waals surface area contributed by atoms with E-state index in [0.29, 0.717) is 27.7 Å². The van der Waals surface area contributed by atoms with E-state index in [0.717, 1.165) is 56.0 Å². The van der Waals surface area contributed by atoms with Crippen LogP contribution in [0.3, 0.4) is 0 Å². The Hall–Kier alpha value is -1.17. The molecule has 4 nitrogen and oxygen atoms in total. The van der Waals surface area contributed by atoms with Crippen LogP contribution in [0.5, 0.6) is 0 Å². The van der Waals surface area contributed by atoms with Crippen molar-refractivity contribution >= 4 is 9.84 Å². The summed E-state index contributed by atoms with van der Waals surface area (Å²) in [5.41, 5.74) is 2.52. The van der Waals surface area contributed by atoms with Crippen molar-refractivity contribution in [3.05, 3.63) is 42.0 Å². The van der Waals surface area contributed by atoms with Crippen LogP contribution in [0.2, 0.25) is 0 Å². The van der Waals surface area contributed by atoms with E-state index in [1.54, 1.807) is 17.7 Å². The first-order valence-corrected chi connectivity index (χ1v) is 19.5. The van der Waals surface area contributed by atoms with Gasteiger partial charge in [-0.25, -0.2) is 8.42 Å². The molecule has 4 fully saturated rings. The number of allylic oxidation sites excluding steroid dienone is 1. The summed E-state index contributed by atoms with van der Waals surface area (Å²) in [6.45, 7) is 10.8. The van der Waals surface area contributed by atoms with Crippen molar-refractivity contribution in [3.63, 3.8) is 0 Å². The van der Waals surface area contributed by atoms with Crippen LogP contribution in [0.4, 0.5) is 0 Å². The number of hydrogen-bond donors (Lipinski definition) is 0. The Balaban J connectivity index is 1.03. The Bertz CT molecular complexity index is 1220. The third-order valence-electron chi connectivity index (χ3n) is 13.3. The zero-order valence-corrected chi connectivity index (χ0v) is 28.3. The van der Waals surface area contributed by atoms with E-state index in [2.05, 4.69) is 33.8 Å². The van der Waals surface area contributed by atoms with Gasteiger partial charge in [0.25, 0.3) is 0 Å². The van der Waals surface area contributed by atoms with Gasteiger partial charge in [-0.2, -0.15) is 0 Å². The molecule has 0 bridgehead atoms. The molecule has 2 unspecified atom stereocenters. The summed E-state index contributed by atoms with van der Waals surface area (Å²) in [4.78, 5) is 0.463. The minimum absolute atomic E-state index is 0.0263. The third kappa shape index (κ3) is 6.43. The largest absolute Gasteiger partial charge is 0.353 e. The maximum Gasteiger partial charge on any atom is 0.178 e. The summed E-state index contributed by atoms with van der Waals surface area (Å²) in [5.74, 6) is 4.50. The summed E-state index contributed by atoms with van der Waals surface area (Å²) in [7, 11) is -3.20. The van der Waals surface area contributed by atoms with E-state index >= 15 is 0 Å². The van der Waals surface area contributed by atoms with Gasteiger partial charge in [-0.05, 0) is 136 Å². The second-order valence-corrected chi connectivity index (χ2v) is 17.9. The standard InChI is InChI=1S/C38H58O4S/c1-27(26-43(39,40)31-13-6-5-7-14-31)11-10-12-28(2)33-18-19-34-32-17-16-29-25-30(42-36-15-8-9-24-41-36)20-22-37(29,3)35(32)21-23-38(33,34)4/h5-7,13-14,16,27-28,30,32-36H,8-12,15,17-26H2,1-4H3/t27?,28-,30+,32+,33-,34+,35+,36?,37+,38-/m1/s1. The summed E-state index contributed by atoms with van der Waals surface area (Å²) in [6.07, 6.45) is 20.3. The van der Waals surface area contributed by atoms with Crippen LogP contribution in [0.1, 0.15) is 118 Å². The van der Waals surface area contributed by atoms with Gasteiger partial charge in [-0.3, -0.25) is 0 Å². The van der Waals surface area contributed by atoms with E-state index in [4.69, 9.17) is 9.47 Å². The molecule has 5 aliphatic rings. The number of ether oxygens (including phenoxy) is 2. The van der Waals surface area contributed by atoms with Crippen molar-refractivity contribution in [2.24, 2.45) is 46.3 Å². The average Bonchev–Trinajstić information content (AvgIpc) is 3.35. The van der Waals surface area contributed by atoms with Gasteiger partial charge >= 0.3 is 0 Å². The molecule has 1 heterocycles. The van der Waals surface area contributed by atoms with Gasteiger partial charge in [0.15, 0.2) is 16.1 Å². The summed E-state index contributed by atoms with van der Waals surface area (Å²) >= 11 is 0. The average molecular weight is 611 g/mol. The maximum absolute atomic E-state index is 12.9. The molecule has 0 amide bonds. The Morgan fingerprint density at radius 1 is 0.953 bits per heavy atom. The van der Waals surface area contributed by atoms with E-state index in [9.17, 15) is 8.42 Å². The molecule has 1 aliphatic heterocycles. The van der Waals surface area contributed by atoms with Crippen molar-refractivity contribution in [2.45, 2.75) is 135 Å². The molecular formula is C38H58O4S. The van der Waals surface area contributed by atoms with Gasteiger partial charge < -0.3 is 9.47 Å². The summed E-state index contributed by atoms with van der Waals surface area (Å²) in [5, 5.41) is 0. The predicted octanol–water partition coefficient (Wildman–Crippen LogP) is 9.39. The van der Waals surface area contributed by atoms with Crippen molar-refractivity contribution in [1.29, 1.82) is 0 Å². The number of sulfone groups is 1. The smallest absolute Gasteiger partial charge is 0.178 e. The van der Waals surface area contributed by atoms with Crippen molar-refractivity contribution in [1.82, 2.24) is 0 Å². The Kier molecular flexibility index (Phi) is 9.55. The Labute approximate surface area is 262 Å². The van der Waals surface area contributed by atoms with Crippen LogP contribution in [0.25, 0.3) is 0 Å². The lowest BCUT2D eigenvalue weighted by Gasteiger charge is -2.58. The monoisotopic (exact) mass is 610 g/mol. The number of rotatable bonds is 10. The lowest BCUT2D eigenvalue weighted by atomic mass is 9.47. The number of hydrogen-bond acceptors (Lipinski definition) is 4. The van der Waals surface area contributed by atoms with Gasteiger partial charge in [0.2, 0.25) is 0 Å². The molecule has 6 rings (SSSR count). The van der Waals surface area contributed by atoms with Crippen LogP contribution in [-0.4, -0.2) is 33.2 Å². The first-order valence-electron chi connectivity index (χ1n) is 17.8. The van der Waals surface area contributed by atoms with Crippen LogP contribution < -0.4 is 0 Å². The van der Waals surface area contributed by atoms with E-state index in [1.165, 1.54) is 64.2 Å². The van der Waals surface area contributed by atoms with Crippen molar-refractivity contribution in [3.8, 4) is 0 Å². The molecule has 1 aromatic carbocycles. The van der Waals surface area contributed by atoms with Gasteiger partial charge in [0, 0.05) is 6.61 Å². The van der Waals surface area contributed by atoms with Crippen LogP contribution >= 0.6 is 0 Å². The fraction of sp³-hybridized carbons (Fsp3) is 0.789. The van der Waals surface area contributed by atoms with Crippen molar-refractivity contribution < 1.29 is 17.9 Å². The number of benzene rings is 1. The number of fused-ring (bicyclic) bond motifs is 5. The van der Waals surface area contributed by atoms with Gasteiger partial charge in [0.05, 0.1) is 16.8 Å². The molecule has 3 saturated carbocycles. The molecule has 1 aromatic rings. The van der Waals surface area contributed by atoms with Gasteiger partial charge in [0.1, 0.15) is 0 Å². The van der Waals surface area contributed by atoms with Crippen molar-refractivity contribution in [2.75, 3.05) is 12.4 Å². The van der Waals surface area contributed by atoms with E-state index in [-0.39, 0.29) is 18.0 Å². The molecule has 1 saturated heterocycles. The lowest BCUT2D eigenvalue weighted by molar-refractivity contribution is -0.195. The second-order valence-electron chi connectivity index (χ2n) is 15.9. The predicted molar refractivity (Wildman–Crippen MR) is 174 cm³/mol. The highest BCUT2D eigenvalue weighted by Gasteiger charge is 2.59. The van der Waals surface area contributed by atoms with E-state index < -0.39 is 9.84 Å². The molecule has 0 spiro atoms. The highest BCUT2D eigenvalue weighted by atomic mass is 32.2. The third-order valence-corrected chi connectivity index (χ3v) is 15.3. The normalized spacial score (nSPS) is 39.2. The second kappa shape index (κ2) is 12.9. The van der Waals surface area contributed by atoms with Crippen LogP contribution in [0.15, 0.2) is 46.9 Å². The summed E-state index contributed by atoms with van der Waals surface area (Å²) in [6, 6.07) is 8.97. The van der Waals surface area contributed by atoms with Crippen LogP contribution in [0, 0.1) is 46.3 Å². The maximum atomic E-state index is 12.9. The molecule has 10 atom stereocenters. The first kappa shape index (κ1) is 31.8. The summed E-state index contributed by atoms with van der Waals surface area (Å²) < 4.78 is 38.1. The molecule has 240 valence electrons. The lowest BCUT2D eigenvalue weighted by Crippen LogP contribution is -2.51. The quantitative estimate of drug-likeness (QED) is 0.248. The molecular weight excluding hydrogens is 552 g/mol. The van der Waals surface area contributed by atoms with Crippen LogP contribution in [-0.2, 0) is 19.3 Å². The fourth-order valence-electron chi connectivity index (χ4n) is 10.9. The van der Waals surface area contributed by atoms with E-state index in [1.807, 2.05) is 18.2 Å². The highest BCUT2D eigenvalue weighted by molar-refractivity contribution is 7.91. The van der Waals surface area contributed by atoms with Gasteiger partial charge in [-0.1, -0.05) is 70.4 Å². The molecule has 4 aliphatic carbocycles. The van der Waals surface area contributed by atoms with Gasteiger partial charge in [-0.15, -0.1) is 0 Å². The Morgan fingerprint density at radius 2 is 1.77 bits per heavy atom.